The molecule has 0 unspecified atom stereocenters. The summed E-state index contributed by atoms with van der Waals surface area (Å²) >= 11 is 0. The first kappa shape index (κ1) is 13.5. The first-order chi connectivity index (χ1) is 9.15. The second-order valence-electron chi connectivity index (χ2n) is 4.50. The van der Waals surface area contributed by atoms with Crippen molar-refractivity contribution in [3.8, 4) is 5.75 Å². The van der Waals surface area contributed by atoms with Gasteiger partial charge in [0.25, 0.3) is 5.91 Å². The van der Waals surface area contributed by atoms with E-state index in [1.165, 1.54) is 12.1 Å². The van der Waals surface area contributed by atoms with Gasteiger partial charge in [0.15, 0.2) is 12.9 Å². The summed E-state index contributed by atoms with van der Waals surface area (Å²) in [6.45, 7) is 2.44. The molecule has 2 rings (SSSR count). The zero-order valence-electron chi connectivity index (χ0n) is 10.8. The molecule has 102 valence electrons. The largest absolute Gasteiger partial charge is 0.483 e. The van der Waals surface area contributed by atoms with Gasteiger partial charge in [0, 0.05) is 12.6 Å². The van der Waals surface area contributed by atoms with Crippen LogP contribution in [-0.2, 0) is 4.79 Å². The number of carbonyl (C=O) groups excluding carboxylic acids is 2. The number of likely N-dealkylation sites (N-methyl/N-ethyl adjacent to an activating group) is 1. The fourth-order valence-corrected chi connectivity index (χ4v) is 1.99. The molecule has 0 spiro atoms. The fourth-order valence-electron chi connectivity index (χ4n) is 1.99. The lowest BCUT2D eigenvalue weighted by molar-refractivity contribution is -0.133. The maximum absolute atomic E-state index is 12.9. The topological polar surface area (TPSA) is 46.6 Å². The molecule has 0 N–H and O–H groups in total. The van der Waals surface area contributed by atoms with Crippen molar-refractivity contribution >= 4 is 12.2 Å². The van der Waals surface area contributed by atoms with Crippen LogP contribution >= 0.6 is 0 Å². The number of ether oxygens (including phenoxy) is 1. The number of amides is 1. The average molecular weight is 265 g/mol. The Bertz CT molecular complexity index is 486. The van der Waals surface area contributed by atoms with E-state index in [1.54, 1.807) is 4.90 Å². The number of carbonyl (C=O) groups is 2. The van der Waals surface area contributed by atoms with Gasteiger partial charge in [-0.2, -0.15) is 0 Å². The zero-order chi connectivity index (χ0) is 13.8. The van der Waals surface area contributed by atoms with Crippen molar-refractivity contribution in [1.82, 2.24) is 4.90 Å². The predicted octanol–water partition coefficient (Wildman–Crippen LogP) is 2.03. The molecule has 0 saturated heterocycles. The Labute approximate surface area is 111 Å². The van der Waals surface area contributed by atoms with Crippen LogP contribution in [0.15, 0.2) is 18.2 Å². The maximum Gasteiger partial charge on any atom is 0.260 e. The van der Waals surface area contributed by atoms with Crippen molar-refractivity contribution in [3.05, 3.63) is 29.6 Å². The van der Waals surface area contributed by atoms with Gasteiger partial charge in [-0.25, -0.2) is 4.39 Å². The molecule has 1 aliphatic carbocycles. The van der Waals surface area contributed by atoms with Gasteiger partial charge in [-0.1, -0.05) is 0 Å². The van der Waals surface area contributed by atoms with Crippen LogP contribution in [0.5, 0.6) is 5.75 Å². The number of aldehydes is 1. The van der Waals surface area contributed by atoms with E-state index in [0.717, 1.165) is 18.9 Å². The van der Waals surface area contributed by atoms with Crippen LogP contribution in [0.4, 0.5) is 4.39 Å². The van der Waals surface area contributed by atoms with Crippen molar-refractivity contribution < 1.29 is 18.7 Å². The number of hydrogen-bond donors (Lipinski definition) is 0. The number of rotatable bonds is 6. The lowest BCUT2D eigenvalue weighted by Crippen LogP contribution is -2.36. The Kier molecular flexibility index (Phi) is 4.14. The Morgan fingerprint density at radius 1 is 1.53 bits per heavy atom. The lowest BCUT2D eigenvalue weighted by atomic mass is 10.2. The quantitative estimate of drug-likeness (QED) is 0.739. The summed E-state index contributed by atoms with van der Waals surface area (Å²) in [5.74, 6) is -0.378. The molecule has 1 aliphatic rings. The van der Waals surface area contributed by atoms with E-state index >= 15 is 0 Å². The Morgan fingerprint density at radius 3 is 2.84 bits per heavy atom. The Hall–Kier alpha value is -1.91. The number of benzene rings is 1. The summed E-state index contributed by atoms with van der Waals surface area (Å²) in [6.07, 6.45) is 2.59. The molecule has 4 nitrogen and oxygen atoms in total. The fraction of sp³-hybridized carbons (Fsp3) is 0.429. The summed E-state index contributed by atoms with van der Waals surface area (Å²) in [4.78, 5) is 24.5. The normalized spacial score (nSPS) is 14.0. The minimum Gasteiger partial charge on any atom is -0.483 e. The van der Waals surface area contributed by atoms with E-state index in [1.807, 2.05) is 6.92 Å². The van der Waals surface area contributed by atoms with Crippen LogP contribution in [-0.4, -0.2) is 36.3 Å². The molecular weight excluding hydrogens is 249 g/mol. The monoisotopic (exact) mass is 265 g/mol. The second kappa shape index (κ2) is 5.82. The molecule has 0 aromatic heterocycles. The molecule has 0 radical (unpaired) electrons. The minimum atomic E-state index is -0.506. The number of hydrogen-bond acceptors (Lipinski definition) is 3. The summed E-state index contributed by atoms with van der Waals surface area (Å²) < 4.78 is 18.3. The van der Waals surface area contributed by atoms with Gasteiger partial charge in [0.05, 0.1) is 5.56 Å². The van der Waals surface area contributed by atoms with Gasteiger partial charge < -0.3 is 9.64 Å². The molecule has 1 aromatic carbocycles. The van der Waals surface area contributed by atoms with E-state index in [-0.39, 0.29) is 23.8 Å². The van der Waals surface area contributed by atoms with Crippen molar-refractivity contribution in [2.75, 3.05) is 13.2 Å². The molecule has 1 amide bonds. The molecule has 1 aromatic rings. The highest BCUT2D eigenvalue weighted by molar-refractivity contribution is 5.81. The number of nitrogens with zero attached hydrogens (tertiary/aromatic N) is 1. The summed E-state index contributed by atoms with van der Waals surface area (Å²) in [6, 6.07) is 3.98. The van der Waals surface area contributed by atoms with Crippen LogP contribution in [0.1, 0.15) is 30.1 Å². The van der Waals surface area contributed by atoms with Crippen molar-refractivity contribution in [2.45, 2.75) is 25.8 Å². The lowest BCUT2D eigenvalue weighted by Gasteiger charge is -2.20. The predicted molar refractivity (Wildman–Crippen MR) is 67.7 cm³/mol. The van der Waals surface area contributed by atoms with Crippen LogP contribution < -0.4 is 4.74 Å². The average Bonchev–Trinajstić information content (AvgIpc) is 3.22. The van der Waals surface area contributed by atoms with Gasteiger partial charge in [0.1, 0.15) is 11.6 Å². The number of halogens is 1. The highest BCUT2D eigenvalue weighted by atomic mass is 19.1. The molecule has 0 heterocycles. The van der Waals surface area contributed by atoms with Crippen LogP contribution in [0, 0.1) is 5.82 Å². The molecule has 5 heteroatoms. The van der Waals surface area contributed by atoms with Gasteiger partial charge in [0.2, 0.25) is 0 Å². The van der Waals surface area contributed by atoms with E-state index in [0.29, 0.717) is 18.9 Å². The van der Waals surface area contributed by atoms with Crippen molar-refractivity contribution in [1.29, 1.82) is 0 Å². The SMILES string of the molecule is CCN(C(=O)COc1ccc(F)cc1C=O)C1CC1. The highest BCUT2D eigenvalue weighted by Gasteiger charge is 2.31. The first-order valence-corrected chi connectivity index (χ1v) is 6.32. The van der Waals surface area contributed by atoms with Gasteiger partial charge in [-0.15, -0.1) is 0 Å². The van der Waals surface area contributed by atoms with Crippen LogP contribution in [0.25, 0.3) is 0 Å². The van der Waals surface area contributed by atoms with Crippen LogP contribution in [0.3, 0.4) is 0 Å². The zero-order valence-corrected chi connectivity index (χ0v) is 10.8. The molecule has 0 atom stereocenters. The second-order valence-corrected chi connectivity index (χ2v) is 4.50. The molecular formula is C14H16FNO3. The first-order valence-electron chi connectivity index (χ1n) is 6.32. The standard InChI is InChI=1S/C14H16FNO3/c1-2-16(12-4-5-12)14(18)9-19-13-6-3-11(15)7-10(13)8-17/h3,6-8,12H,2,4-5,9H2,1H3. The molecule has 0 aliphatic heterocycles. The van der Waals surface area contributed by atoms with Crippen LogP contribution in [0.2, 0.25) is 0 Å². The smallest absolute Gasteiger partial charge is 0.260 e. The summed E-state index contributed by atoms with van der Waals surface area (Å²) in [5, 5.41) is 0. The molecule has 1 saturated carbocycles. The summed E-state index contributed by atoms with van der Waals surface area (Å²) in [5.41, 5.74) is 0.113. The Morgan fingerprint density at radius 2 is 2.26 bits per heavy atom. The van der Waals surface area contributed by atoms with E-state index in [9.17, 15) is 14.0 Å². The van der Waals surface area contributed by atoms with Gasteiger partial charge in [-0.3, -0.25) is 9.59 Å². The molecule has 19 heavy (non-hydrogen) atoms. The van der Waals surface area contributed by atoms with Crippen molar-refractivity contribution in [3.63, 3.8) is 0 Å². The van der Waals surface area contributed by atoms with Gasteiger partial charge >= 0.3 is 0 Å². The molecule has 1 fully saturated rings. The Balaban J connectivity index is 1.98. The third-order valence-corrected chi connectivity index (χ3v) is 3.10. The third-order valence-electron chi connectivity index (χ3n) is 3.10. The van der Waals surface area contributed by atoms with E-state index in [2.05, 4.69) is 0 Å². The maximum atomic E-state index is 12.9. The van der Waals surface area contributed by atoms with E-state index in [4.69, 9.17) is 4.74 Å². The van der Waals surface area contributed by atoms with Crippen molar-refractivity contribution in [2.24, 2.45) is 0 Å². The summed E-state index contributed by atoms with van der Waals surface area (Å²) in [7, 11) is 0. The minimum absolute atomic E-state index is 0.105. The third kappa shape index (κ3) is 3.30. The molecule has 0 bridgehead atoms. The highest BCUT2D eigenvalue weighted by Crippen LogP contribution is 2.26. The van der Waals surface area contributed by atoms with Gasteiger partial charge in [-0.05, 0) is 38.0 Å². The van der Waals surface area contributed by atoms with E-state index < -0.39 is 5.82 Å².